The number of rotatable bonds is 5. The Hall–Kier alpha value is -3.93. The van der Waals surface area contributed by atoms with Gasteiger partial charge in [0, 0.05) is 28.6 Å². The Bertz CT molecular complexity index is 1400. The molecule has 0 aliphatic heterocycles. The van der Waals surface area contributed by atoms with Crippen molar-refractivity contribution in [2.75, 3.05) is 0 Å². The van der Waals surface area contributed by atoms with Crippen LogP contribution in [0.5, 0.6) is 0 Å². The van der Waals surface area contributed by atoms with Crippen molar-refractivity contribution in [1.82, 2.24) is 4.98 Å². The molecular formula is C23H14ClN3O4S. The number of nitro groups is 1. The first kappa shape index (κ1) is 21.3. The Labute approximate surface area is 191 Å². The molecule has 0 unspecified atom stereocenters. The van der Waals surface area contributed by atoms with Gasteiger partial charge in [-0.05, 0) is 25.1 Å². The maximum absolute atomic E-state index is 10.9. The molecule has 1 N–H and O–H groups in total. The second-order valence-electron chi connectivity index (χ2n) is 6.82. The lowest BCUT2D eigenvalue weighted by atomic mass is 10.1. The number of halogens is 1. The summed E-state index contributed by atoms with van der Waals surface area (Å²) in [6, 6.07) is 16.9. The Morgan fingerprint density at radius 1 is 1.22 bits per heavy atom. The smallest absolute Gasteiger partial charge is 0.270 e. The van der Waals surface area contributed by atoms with Gasteiger partial charge < -0.3 is 9.52 Å². The number of allylic oxidation sites excluding steroid dienone is 1. The SMILES string of the molecule is Cc1ccc(-c2csc(/C(C#N)=C(\O)c3ccc(-c4ccc([N+](=O)[O-])cc4Cl)o3)n2)cc1. The van der Waals surface area contributed by atoms with Crippen molar-refractivity contribution in [2.24, 2.45) is 0 Å². The van der Waals surface area contributed by atoms with Crippen LogP contribution in [-0.2, 0) is 0 Å². The lowest BCUT2D eigenvalue weighted by Crippen LogP contribution is -1.89. The minimum atomic E-state index is -0.546. The molecule has 0 radical (unpaired) electrons. The van der Waals surface area contributed by atoms with E-state index in [0.717, 1.165) is 11.1 Å². The average Bonchev–Trinajstić information content (AvgIpc) is 3.45. The van der Waals surface area contributed by atoms with Crippen LogP contribution in [-0.4, -0.2) is 15.0 Å². The van der Waals surface area contributed by atoms with Gasteiger partial charge in [-0.3, -0.25) is 10.1 Å². The summed E-state index contributed by atoms with van der Waals surface area (Å²) in [7, 11) is 0. The van der Waals surface area contributed by atoms with E-state index in [9.17, 15) is 20.5 Å². The molecule has 4 aromatic rings. The predicted octanol–water partition coefficient (Wildman–Crippen LogP) is 6.89. The first-order chi connectivity index (χ1) is 15.4. The van der Waals surface area contributed by atoms with E-state index in [0.29, 0.717) is 22.0 Å². The highest BCUT2D eigenvalue weighted by Crippen LogP contribution is 2.35. The molecule has 0 fully saturated rings. The van der Waals surface area contributed by atoms with Crippen LogP contribution in [0, 0.1) is 28.4 Å². The molecule has 0 amide bonds. The Kier molecular flexibility index (Phi) is 5.77. The molecular weight excluding hydrogens is 450 g/mol. The monoisotopic (exact) mass is 463 g/mol. The number of benzene rings is 2. The topological polar surface area (TPSA) is 113 Å². The van der Waals surface area contributed by atoms with Crippen molar-refractivity contribution in [1.29, 1.82) is 5.26 Å². The number of thiazole rings is 1. The quantitative estimate of drug-likeness (QED) is 0.149. The van der Waals surface area contributed by atoms with E-state index in [1.165, 1.54) is 35.6 Å². The van der Waals surface area contributed by atoms with Crippen LogP contribution >= 0.6 is 22.9 Å². The summed E-state index contributed by atoms with van der Waals surface area (Å²) >= 11 is 7.39. The van der Waals surface area contributed by atoms with Crippen LogP contribution in [0.4, 0.5) is 5.69 Å². The highest BCUT2D eigenvalue weighted by Gasteiger charge is 2.19. The third kappa shape index (κ3) is 4.12. The number of non-ortho nitro benzene ring substituents is 1. The second kappa shape index (κ2) is 8.67. The van der Waals surface area contributed by atoms with Gasteiger partial charge in [-0.15, -0.1) is 11.3 Å². The van der Waals surface area contributed by atoms with Crippen molar-refractivity contribution in [3.63, 3.8) is 0 Å². The summed E-state index contributed by atoms with van der Waals surface area (Å²) in [6.45, 7) is 1.99. The van der Waals surface area contributed by atoms with Gasteiger partial charge in [0.2, 0.25) is 0 Å². The van der Waals surface area contributed by atoms with Gasteiger partial charge in [-0.25, -0.2) is 4.98 Å². The summed E-state index contributed by atoms with van der Waals surface area (Å²) in [6.07, 6.45) is 0. The minimum absolute atomic E-state index is 0.0240. The van der Waals surface area contributed by atoms with E-state index in [-0.39, 0.29) is 27.8 Å². The van der Waals surface area contributed by atoms with Crippen LogP contribution in [0.2, 0.25) is 5.02 Å². The van der Waals surface area contributed by atoms with E-state index in [4.69, 9.17) is 16.0 Å². The molecule has 2 aromatic carbocycles. The van der Waals surface area contributed by atoms with Gasteiger partial charge in [0.1, 0.15) is 22.4 Å². The lowest BCUT2D eigenvalue weighted by Gasteiger charge is -2.02. The normalized spacial score (nSPS) is 11.7. The van der Waals surface area contributed by atoms with E-state index in [1.807, 2.05) is 42.6 Å². The summed E-state index contributed by atoms with van der Waals surface area (Å²) in [5.74, 6) is -0.0112. The second-order valence-corrected chi connectivity index (χ2v) is 8.09. The molecule has 0 saturated carbocycles. The standard InChI is InChI=1S/C23H14ClN3O4S/c1-13-2-4-14(5-3-13)19-12-32-23(26-19)17(11-25)22(28)21-9-8-20(31-21)16-7-6-15(27(29)30)10-18(16)24/h2-10,12,28H,1H3/b22-17-. The van der Waals surface area contributed by atoms with E-state index in [1.54, 1.807) is 6.07 Å². The number of aliphatic hydroxyl groups is 1. The largest absolute Gasteiger partial charge is 0.503 e. The number of aryl methyl sites for hydroxylation is 1. The summed E-state index contributed by atoms with van der Waals surface area (Å²) in [4.78, 5) is 14.8. The fourth-order valence-corrected chi connectivity index (χ4v) is 4.09. The van der Waals surface area contributed by atoms with Gasteiger partial charge in [-0.1, -0.05) is 41.4 Å². The average molecular weight is 464 g/mol. The first-order valence-corrected chi connectivity index (χ1v) is 10.5. The van der Waals surface area contributed by atoms with Crippen LogP contribution in [0.1, 0.15) is 16.3 Å². The number of hydrogen-bond donors (Lipinski definition) is 1. The Morgan fingerprint density at radius 2 is 1.97 bits per heavy atom. The zero-order valence-electron chi connectivity index (χ0n) is 16.6. The van der Waals surface area contributed by atoms with Gasteiger partial charge in [0.15, 0.2) is 11.5 Å². The van der Waals surface area contributed by atoms with Crippen molar-refractivity contribution in [3.05, 3.63) is 91.4 Å². The number of aromatic nitrogens is 1. The lowest BCUT2D eigenvalue weighted by molar-refractivity contribution is -0.384. The maximum atomic E-state index is 10.9. The molecule has 2 heterocycles. The van der Waals surface area contributed by atoms with Crippen LogP contribution in [0.15, 0.2) is 64.4 Å². The fourth-order valence-electron chi connectivity index (χ4n) is 3.00. The highest BCUT2D eigenvalue weighted by molar-refractivity contribution is 7.11. The van der Waals surface area contributed by atoms with Crippen molar-refractivity contribution < 1.29 is 14.4 Å². The number of aliphatic hydroxyl groups excluding tert-OH is 1. The Balaban J connectivity index is 1.67. The molecule has 0 bridgehead atoms. The zero-order valence-corrected chi connectivity index (χ0v) is 18.1. The molecule has 7 nitrogen and oxygen atoms in total. The number of nitriles is 1. The zero-order chi connectivity index (χ0) is 22.8. The van der Waals surface area contributed by atoms with Crippen molar-refractivity contribution in [3.8, 4) is 28.7 Å². The van der Waals surface area contributed by atoms with Gasteiger partial charge in [0.25, 0.3) is 5.69 Å². The molecule has 2 aromatic heterocycles. The highest BCUT2D eigenvalue weighted by atomic mass is 35.5. The number of nitrogens with zero attached hydrogens (tertiary/aromatic N) is 3. The van der Waals surface area contributed by atoms with Gasteiger partial charge in [-0.2, -0.15) is 5.26 Å². The molecule has 4 rings (SSSR count). The molecule has 0 spiro atoms. The van der Waals surface area contributed by atoms with Crippen LogP contribution in [0.3, 0.4) is 0 Å². The van der Waals surface area contributed by atoms with E-state index in [2.05, 4.69) is 4.98 Å². The van der Waals surface area contributed by atoms with Crippen molar-refractivity contribution in [2.45, 2.75) is 6.92 Å². The maximum Gasteiger partial charge on any atom is 0.270 e. The first-order valence-electron chi connectivity index (χ1n) is 9.28. The van der Waals surface area contributed by atoms with Gasteiger partial charge >= 0.3 is 0 Å². The third-order valence-electron chi connectivity index (χ3n) is 4.68. The fraction of sp³-hybridized carbons (Fsp3) is 0.0435. The molecule has 0 atom stereocenters. The number of furan rings is 1. The molecule has 0 aliphatic carbocycles. The van der Waals surface area contributed by atoms with Crippen LogP contribution in [0.25, 0.3) is 33.9 Å². The molecule has 0 saturated heterocycles. The number of hydrogen-bond acceptors (Lipinski definition) is 7. The molecule has 9 heteroatoms. The summed E-state index contributed by atoms with van der Waals surface area (Å²) in [5, 5.41) is 33.5. The molecule has 0 aliphatic rings. The van der Waals surface area contributed by atoms with Crippen LogP contribution < -0.4 is 0 Å². The molecule has 32 heavy (non-hydrogen) atoms. The Morgan fingerprint density at radius 3 is 2.62 bits per heavy atom. The summed E-state index contributed by atoms with van der Waals surface area (Å²) in [5.41, 5.74) is 2.98. The van der Waals surface area contributed by atoms with E-state index < -0.39 is 4.92 Å². The minimum Gasteiger partial charge on any atom is -0.503 e. The summed E-state index contributed by atoms with van der Waals surface area (Å²) < 4.78 is 5.69. The van der Waals surface area contributed by atoms with Crippen molar-refractivity contribution >= 4 is 40.0 Å². The predicted molar refractivity (Wildman–Crippen MR) is 123 cm³/mol. The van der Waals surface area contributed by atoms with E-state index >= 15 is 0 Å². The third-order valence-corrected chi connectivity index (χ3v) is 5.85. The molecule has 158 valence electrons. The van der Waals surface area contributed by atoms with Gasteiger partial charge in [0.05, 0.1) is 15.6 Å². The number of nitro benzene ring substituents is 1.